The second-order valence-electron chi connectivity index (χ2n) is 4.15. The number of methoxy groups -OCH3 is 1. The fourth-order valence-corrected chi connectivity index (χ4v) is 4.00. The average molecular weight is 323 g/mol. The molecule has 0 saturated carbocycles. The minimum Gasteiger partial charge on any atom is -0.497 e. The van der Waals surface area contributed by atoms with Gasteiger partial charge in [-0.25, -0.2) is 9.97 Å². The van der Waals surface area contributed by atoms with E-state index in [1.807, 2.05) is 24.3 Å². The molecule has 0 aliphatic heterocycles. The Bertz CT molecular complexity index is 773. The number of rotatable bonds is 3. The van der Waals surface area contributed by atoms with E-state index in [1.54, 1.807) is 30.2 Å². The number of fused-ring (bicyclic) bond motifs is 1. The van der Waals surface area contributed by atoms with Gasteiger partial charge in [0.15, 0.2) is 0 Å². The van der Waals surface area contributed by atoms with Gasteiger partial charge in [-0.1, -0.05) is 17.8 Å². The van der Waals surface area contributed by atoms with E-state index in [0.29, 0.717) is 0 Å². The summed E-state index contributed by atoms with van der Waals surface area (Å²) in [5, 5.41) is 2.20. The molecule has 3 aromatic rings. The molecule has 0 amide bonds. The molecule has 3 nitrogen and oxygen atoms in total. The molecule has 0 fully saturated rings. The molecule has 0 unspecified atom stereocenters. The fraction of sp³-hybridized carbons (Fsp3) is 0.143. The van der Waals surface area contributed by atoms with Gasteiger partial charge in [0.25, 0.3) is 0 Å². The highest BCUT2D eigenvalue weighted by Gasteiger charge is 2.11. The Kier molecular flexibility index (Phi) is 3.83. The minimum atomic E-state index is 0.282. The van der Waals surface area contributed by atoms with Crippen LogP contribution in [0, 0.1) is 6.92 Å². The van der Waals surface area contributed by atoms with Gasteiger partial charge in [-0.3, -0.25) is 0 Å². The Hall–Kier alpha value is -1.30. The molecule has 0 spiro atoms. The lowest BCUT2D eigenvalue weighted by Crippen LogP contribution is -1.87. The molecule has 0 bridgehead atoms. The van der Waals surface area contributed by atoms with Crippen molar-refractivity contribution in [3.63, 3.8) is 0 Å². The van der Waals surface area contributed by atoms with Crippen molar-refractivity contribution in [2.45, 2.75) is 16.8 Å². The van der Waals surface area contributed by atoms with Crippen molar-refractivity contribution in [3.05, 3.63) is 40.5 Å². The fourth-order valence-electron chi connectivity index (χ4n) is 1.85. The third kappa shape index (κ3) is 2.75. The summed E-state index contributed by atoms with van der Waals surface area (Å²) in [5.41, 5.74) is 0. The second kappa shape index (κ2) is 5.60. The quantitative estimate of drug-likeness (QED) is 0.512. The van der Waals surface area contributed by atoms with Gasteiger partial charge < -0.3 is 4.74 Å². The van der Waals surface area contributed by atoms with Gasteiger partial charge in [0.1, 0.15) is 15.6 Å². The molecule has 102 valence electrons. The Balaban J connectivity index is 2.05. The van der Waals surface area contributed by atoms with Crippen LogP contribution in [-0.2, 0) is 0 Å². The highest BCUT2D eigenvalue weighted by atomic mass is 35.5. The molecule has 2 aromatic heterocycles. The Morgan fingerprint density at radius 3 is 2.90 bits per heavy atom. The maximum atomic E-state index is 6.00. The van der Waals surface area contributed by atoms with E-state index in [0.717, 1.165) is 25.9 Å². The van der Waals surface area contributed by atoms with Crippen LogP contribution in [0.3, 0.4) is 0 Å². The topological polar surface area (TPSA) is 35.0 Å². The van der Waals surface area contributed by atoms with Crippen LogP contribution in [0.4, 0.5) is 0 Å². The summed E-state index contributed by atoms with van der Waals surface area (Å²) in [6.45, 7) is 2.06. The van der Waals surface area contributed by atoms with E-state index in [1.165, 1.54) is 4.88 Å². The van der Waals surface area contributed by atoms with Crippen LogP contribution in [0.1, 0.15) is 4.88 Å². The summed E-state index contributed by atoms with van der Waals surface area (Å²) in [6, 6.07) is 9.97. The van der Waals surface area contributed by atoms with Crippen LogP contribution in [0.2, 0.25) is 5.28 Å². The van der Waals surface area contributed by atoms with E-state index >= 15 is 0 Å². The first-order valence-corrected chi connectivity index (χ1v) is 7.92. The molecule has 0 saturated heterocycles. The third-order valence-corrected chi connectivity index (χ3v) is 4.82. The zero-order chi connectivity index (χ0) is 14.1. The number of ether oxygens (including phenoxy) is 1. The predicted molar refractivity (Wildman–Crippen MR) is 84.3 cm³/mol. The van der Waals surface area contributed by atoms with Crippen LogP contribution in [0.5, 0.6) is 5.75 Å². The third-order valence-electron chi connectivity index (χ3n) is 2.71. The van der Waals surface area contributed by atoms with Crippen LogP contribution in [0.15, 0.2) is 40.3 Å². The second-order valence-corrected chi connectivity index (χ2v) is 6.79. The van der Waals surface area contributed by atoms with Crippen molar-refractivity contribution in [1.29, 1.82) is 0 Å². The van der Waals surface area contributed by atoms with Crippen LogP contribution < -0.4 is 4.74 Å². The number of hydrogen-bond acceptors (Lipinski definition) is 5. The lowest BCUT2D eigenvalue weighted by Gasteiger charge is -2.05. The van der Waals surface area contributed by atoms with E-state index < -0.39 is 0 Å². The minimum absolute atomic E-state index is 0.282. The van der Waals surface area contributed by atoms with Crippen LogP contribution in [-0.4, -0.2) is 17.1 Å². The van der Waals surface area contributed by atoms with Gasteiger partial charge in [0.05, 0.1) is 7.11 Å². The van der Waals surface area contributed by atoms with Crippen molar-refractivity contribution >= 4 is 44.9 Å². The maximum Gasteiger partial charge on any atom is 0.224 e. The first kappa shape index (κ1) is 13.7. The summed E-state index contributed by atoms with van der Waals surface area (Å²) < 4.78 is 5.24. The maximum absolute atomic E-state index is 6.00. The number of hydrogen-bond donors (Lipinski definition) is 0. The molecule has 1 aromatic carbocycles. The first-order valence-electron chi connectivity index (χ1n) is 5.91. The highest BCUT2D eigenvalue weighted by Crippen LogP contribution is 2.36. The number of thiophene rings is 1. The van der Waals surface area contributed by atoms with Gasteiger partial charge in [-0.2, -0.15) is 0 Å². The van der Waals surface area contributed by atoms with Crippen LogP contribution >= 0.6 is 34.7 Å². The summed E-state index contributed by atoms with van der Waals surface area (Å²) >= 11 is 9.19. The van der Waals surface area contributed by atoms with E-state index in [9.17, 15) is 0 Å². The van der Waals surface area contributed by atoms with Crippen LogP contribution in [0.25, 0.3) is 10.2 Å². The van der Waals surface area contributed by atoms with Crippen molar-refractivity contribution in [2.24, 2.45) is 0 Å². The zero-order valence-electron chi connectivity index (χ0n) is 10.9. The van der Waals surface area contributed by atoms with Gasteiger partial charge in [-0.15, -0.1) is 11.3 Å². The largest absolute Gasteiger partial charge is 0.497 e. The zero-order valence-corrected chi connectivity index (χ0v) is 13.3. The van der Waals surface area contributed by atoms with Crippen molar-refractivity contribution < 1.29 is 4.74 Å². The number of aryl methyl sites for hydroxylation is 1. The van der Waals surface area contributed by atoms with Gasteiger partial charge in [0.2, 0.25) is 5.28 Å². The molecule has 20 heavy (non-hydrogen) atoms. The summed E-state index contributed by atoms with van der Waals surface area (Å²) in [4.78, 5) is 11.8. The summed E-state index contributed by atoms with van der Waals surface area (Å²) in [5.74, 6) is 0.827. The Morgan fingerprint density at radius 1 is 1.25 bits per heavy atom. The smallest absolute Gasteiger partial charge is 0.224 e. The van der Waals surface area contributed by atoms with Gasteiger partial charge >= 0.3 is 0 Å². The first-order chi connectivity index (χ1) is 9.65. The predicted octanol–water partition coefficient (Wildman–Crippen LogP) is 4.81. The molecule has 0 radical (unpaired) electrons. The molecule has 0 aliphatic rings. The lowest BCUT2D eigenvalue weighted by molar-refractivity contribution is 0.413. The SMILES string of the molecule is COc1cccc(Sc2nc(Cl)nc3sc(C)cc23)c1. The molecular formula is C14H11ClN2OS2. The number of nitrogens with zero attached hydrogens (tertiary/aromatic N) is 2. The summed E-state index contributed by atoms with van der Waals surface area (Å²) in [7, 11) is 1.66. The molecule has 3 rings (SSSR count). The molecule has 0 N–H and O–H groups in total. The number of aromatic nitrogens is 2. The Labute approximate surface area is 130 Å². The van der Waals surface area contributed by atoms with Gasteiger partial charge in [-0.05, 0) is 42.8 Å². The standard InChI is InChI=1S/C14H11ClN2OS2/c1-8-6-11-12(19-8)16-14(15)17-13(11)20-10-5-3-4-9(7-10)18-2/h3-7H,1-2H3. The Morgan fingerprint density at radius 2 is 2.10 bits per heavy atom. The highest BCUT2D eigenvalue weighted by molar-refractivity contribution is 7.99. The number of halogens is 1. The van der Waals surface area contributed by atoms with Crippen molar-refractivity contribution in [3.8, 4) is 5.75 Å². The molecule has 6 heteroatoms. The number of benzene rings is 1. The van der Waals surface area contributed by atoms with E-state index in [4.69, 9.17) is 16.3 Å². The lowest BCUT2D eigenvalue weighted by atomic mass is 10.3. The van der Waals surface area contributed by atoms with E-state index in [2.05, 4.69) is 23.0 Å². The average Bonchev–Trinajstić information content (AvgIpc) is 2.79. The normalized spacial score (nSPS) is 10.9. The molecule has 2 heterocycles. The molecule has 0 atom stereocenters. The molecule has 0 aliphatic carbocycles. The summed E-state index contributed by atoms with van der Waals surface area (Å²) in [6.07, 6.45) is 0. The van der Waals surface area contributed by atoms with E-state index in [-0.39, 0.29) is 5.28 Å². The van der Waals surface area contributed by atoms with Crippen molar-refractivity contribution in [1.82, 2.24) is 9.97 Å². The molecular weight excluding hydrogens is 312 g/mol. The van der Waals surface area contributed by atoms with Crippen molar-refractivity contribution in [2.75, 3.05) is 7.11 Å². The van der Waals surface area contributed by atoms with Gasteiger partial charge in [0, 0.05) is 15.2 Å². The monoisotopic (exact) mass is 322 g/mol.